The lowest BCUT2D eigenvalue weighted by Gasteiger charge is -2.13. The molecular weight excluding hydrogens is 400 g/mol. The Kier molecular flexibility index (Phi) is 7.59. The monoisotopic (exact) mass is 426 g/mol. The number of benzene rings is 2. The van der Waals surface area contributed by atoms with Crippen LogP contribution in [-0.4, -0.2) is 49.6 Å². The fourth-order valence-electron chi connectivity index (χ4n) is 3.03. The number of aliphatic hydroxyl groups excluding tert-OH is 1. The highest BCUT2D eigenvalue weighted by molar-refractivity contribution is 7.99. The minimum Gasteiger partial charge on any atom is -0.491 e. The van der Waals surface area contributed by atoms with Crippen molar-refractivity contribution < 1.29 is 14.6 Å². The quantitative estimate of drug-likeness (QED) is 0.497. The first-order chi connectivity index (χ1) is 14.4. The third-order valence-electron chi connectivity index (χ3n) is 4.63. The van der Waals surface area contributed by atoms with Gasteiger partial charge in [0.1, 0.15) is 18.1 Å². The molecule has 0 fully saturated rings. The predicted molar refractivity (Wildman–Crippen MR) is 116 cm³/mol. The van der Waals surface area contributed by atoms with Crippen molar-refractivity contribution in [2.24, 2.45) is 0 Å². The Labute approximate surface area is 180 Å². The summed E-state index contributed by atoms with van der Waals surface area (Å²) in [5.41, 5.74) is 4.21. The normalized spacial score (nSPS) is 12.0. The van der Waals surface area contributed by atoms with E-state index in [9.17, 15) is 9.90 Å². The second-order valence-electron chi connectivity index (χ2n) is 7.24. The molecule has 0 aliphatic carbocycles. The molecule has 0 aliphatic heterocycles. The van der Waals surface area contributed by atoms with Crippen LogP contribution in [0, 0.1) is 13.8 Å². The van der Waals surface area contributed by atoms with Crippen LogP contribution in [0.1, 0.15) is 30.0 Å². The molecule has 3 aromatic rings. The molecule has 0 saturated heterocycles. The maximum Gasteiger partial charge on any atom is 0.214 e. The number of hydrogen-bond donors (Lipinski definition) is 1. The molecule has 1 atom stereocenters. The molecule has 7 nitrogen and oxygen atoms in total. The molecule has 8 heteroatoms. The molecule has 0 aliphatic rings. The van der Waals surface area contributed by atoms with Crippen LogP contribution in [0.4, 0.5) is 0 Å². The molecule has 0 amide bonds. The summed E-state index contributed by atoms with van der Waals surface area (Å²) in [6.07, 6.45) is 0.595. The fourth-order valence-corrected chi connectivity index (χ4v) is 3.81. The zero-order valence-corrected chi connectivity index (χ0v) is 18.2. The minimum absolute atomic E-state index is 0.171. The Morgan fingerprint density at radius 3 is 2.53 bits per heavy atom. The van der Waals surface area contributed by atoms with Crippen molar-refractivity contribution in [3.05, 3.63) is 59.2 Å². The van der Waals surface area contributed by atoms with Gasteiger partial charge in [-0.2, -0.15) is 4.68 Å². The Hall–Kier alpha value is -2.71. The number of aliphatic hydroxyl groups is 1. The molecular formula is C22H26N4O3S. The first kappa shape index (κ1) is 22.0. The summed E-state index contributed by atoms with van der Waals surface area (Å²) in [5.74, 6) is 1.27. The molecule has 0 saturated carbocycles. The van der Waals surface area contributed by atoms with Crippen LogP contribution in [-0.2, 0) is 11.2 Å². The van der Waals surface area contributed by atoms with Gasteiger partial charge in [0, 0.05) is 12.2 Å². The third-order valence-corrected chi connectivity index (χ3v) is 5.69. The van der Waals surface area contributed by atoms with Gasteiger partial charge in [-0.15, -0.1) is 5.10 Å². The van der Waals surface area contributed by atoms with Crippen LogP contribution in [0.25, 0.3) is 5.69 Å². The molecule has 158 valence electrons. The fraction of sp³-hybridized carbons (Fsp3) is 0.364. The average molecular weight is 427 g/mol. The Bertz CT molecular complexity index is 968. The van der Waals surface area contributed by atoms with E-state index in [1.165, 1.54) is 11.8 Å². The Balaban J connectivity index is 1.52. The molecule has 2 aromatic carbocycles. The number of ether oxygens (including phenoxy) is 1. The Morgan fingerprint density at radius 2 is 1.87 bits per heavy atom. The standard InChI is InChI=1S/C22H26N4O3S/c1-15-5-4-6-16(2)21(15)26-22(23-24-25-26)30-14-19(28)13-29-20-11-9-18(10-12-20)8-7-17(3)27/h4-6,9-12,19,28H,7-8,13-14H2,1-3H3/t19-/m1/s1. The van der Waals surface area contributed by atoms with E-state index in [4.69, 9.17) is 4.74 Å². The summed E-state index contributed by atoms with van der Waals surface area (Å²) < 4.78 is 7.39. The third kappa shape index (κ3) is 5.90. The van der Waals surface area contributed by atoms with Crippen LogP contribution < -0.4 is 4.74 Å². The van der Waals surface area contributed by atoms with Crippen molar-refractivity contribution in [1.29, 1.82) is 0 Å². The number of carbonyl (C=O) groups is 1. The van der Waals surface area contributed by atoms with Crippen LogP contribution in [0.2, 0.25) is 0 Å². The number of ketones is 1. The van der Waals surface area contributed by atoms with Crippen LogP contribution in [0.15, 0.2) is 47.6 Å². The summed E-state index contributed by atoms with van der Waals surface area (Å²) in [6, 6.07) is 13.6. The van der Waals surface area contributed by atoms with Gasteiger partial charge >= 0.3 is 0 Å². The van der Waals surface area contributed by atoms with E-state index in [1.54, 1.807) is 11.6 Å². The summed E-state index contributed by atoms with van der Waals surface area (Å²) in [4.78, 5) is 11.1. The number of aromatic nitrogens is 4. The topological polar surface area (TPSA) is 90.1 Å². The van der Waals surface area contributed by atoms with Gasteiger partial charge in [0.25, 0.3) is 0 Å². The van der Waals surface area contributed by atoms with Crippen LogP contribution >= 0.6 is 11.8 Å². The van der Waals surface area contributed by atoms with Gasteiger partial charge in [0.15, 0.2) is 0 Å². The molecule has 0 spiro atoms. The zero-order chi connectivity index (χ0) is 21.5. The highest BCUT2D eigenvalue weighted by Gasteiger charge is 2.15. The first-order valence-electron chi connectivity index (χ1n) is 9.81. The molecule has 1 aromatic heterocycles. The summed E-state index contributed by atoms with van der Waals surface area (Å²) in [5, 5.41) is 22.9. The largest absolute Gasteiger partial charge is 0.491 e. The highest BCUT2D eigenvalue weighted by atomic mass is 32.2. The smallest absolute Gasteiger partial charge is 0.214 e. The first-order valence-corrected chi connectivity index (χ1v) is 10.8. The number of para-hydroxylation sites is 1. The number of tetrazole rings is 1. The zero-order valence-electron chi connectivity index (χ0n) is 17.4. The summed E-state index contributed by atoms with van der Waals surface area (Å²) in [6.45, 7) is 5.81. The Morgan fingerprint density at radius 1 is 1.17 bits per heavy atom. The molecule has 1 heterocycles. The van der Waals surface area contributed by atoms with E-state index >= 15 is 0 Å². The maximum atomic E-state index is 11.1. The van der Waals surface area contributed by atoms with Gasteiger partial charge in [-0.3, -0.25) is 0 Å². The van der Waals surface area contributed by atoms with Crippen molar-refractivity contribution in [3.8, 4) is 11.4 Å². The molecule has 0 bridgehead atoms. The predicted octanol–water partition coefficient (Wildman–Crippen LogP) is 3.33. The van der Waals surface area contributed by atoms with Gasteiger partial charge in [0.05, 0.1) is 11.8 Å². The van der Waals surface area contributed by atoms with Gasteiger partial charge < -0.3 is 14.6 Å². The van der Waals surface area contributed by atoms with Gasteiger partial charge in [0.2, 0.25) is 5.16 Å². The lowest BCUT2D eigenvalue weighted by Crippen LogP contribution is -2.20. The van der Waals surface area contributed by atoms with Crippen molar-refractivity contribution in [1.82, 2.24) is 20.2 Å². The molecule has 3 rings (SSSR count). The van der Waals surface area contributed by atoms with Crippen molar-refractivity contribution >= 4 is 17.5 Å². The number of aryl methyl sites for hydroxylation is 3. The molecule has 0 unspecified atom stereocenters. The minimum atomic E-state index is -0.671. The van der Waals surface area contributed by atoms with Gasteiger partial charge in [-0.1, -0.05) is 42.1 Å². The van der Waals surface area contributed by atoms with E-state index in [0.29, 0.717) is 23.1 Å². The number of Topliss-reactive ketones (excluding diaryl/α,β-unsaturated/α-hetero) is 1. The molecule has 0 radical (unpaired) electrons. The average Bonchev–Trinajstić information content (AvgIpc) is 3.18. The van der Waals surface area contributed by atoms with Crippen LogP contribution in [0.3, 0.4) is 0 Å². The van der Waals surface area contributed by atoms with E-state index < -0.39 is 6.10 Å². The lowest BCUT2D eigenvalue weighted by molar-refractivity contribution is -0.116. The van der Waals surface area contributed by atoms with Crippen molar-refractivity contribution in [3.63, 3.8) is 0 Å². The summed E-state index contributed by atoms with van der Waals surface area (Å²) in [7, 11) is 0. The second-order valence-corrected chi connectivity index (χ2v) is 8.22. The summed E-state index contributed by atoms with van der Waals surface area (Å²) >= 11 is 1.39. The molecule has 1 N–H and O–H groups in total. The van der Waals surface area contributed by atoms with Gasteiger partial charge in [-0.05, 0) is 66.4 Å². The maximum absolute atomic E-state index is 11.1. The molecule has 30 heavy (non-hydrogen) atoms. The SMILES string of the molecule is CC(=O)CCc1ccc(OC[C@@H](O)CSc2nnnn2-c2c(C)cccc2C)cc1. The number of nitrogens with zero attached hydrogens (tertiary/aromatic N) is 4. The number of rotatable bonds is 10. The number of carbonyl (C=O) groups excluding carboxylic acids is 1. The highest BCUT2D eigenvalue weighted by Crippen LogP contribution is 2.24. The van der Waals surface area contributed by atoms with E-state index in [0.717, 1.165) is 28.8 Å². The second kappa shape index (κ2) is 10.4. The lowest BCUT2D eigenvalue weighted by atomic mass is 10.1. The van der Waals surface area contributed by atoms with E-state index in [-0.39, 0.29) is 12.4 Å². The van der Waals surface area contributed by atoms with Crippen molar-refractivity contribution in [2.45, 2.75) is 44.9 Å². The van der Waals surface area contributed by atoms with Crippen LogP contribution in [0.5, 0.6) is 5.75 Å². The van der Waals surface area contributed by atoms with Gasteiger partial charge in [-0.25, -0.2) is 0 Å². The van der Waals surface area contributed by atoms with E-state index in [2.05, 4.69) is 15.5 Å². The van der Waals surface area contributed by atoms with E-state index in [1.807, 2.05) is 56.3 Å². The number of hydrogen-bond acceptors (Lipinski definition) is 7. The van der Waals surface area contributed by atoms with Crippen molar-refractivity contribution in [2.75, 3.05) is 12.4 Å². The number of thioether (sulfide) groups is 1.